The van der Waals surface area contributed by atoms with Crippen LogP contribution >= 0.6 is 23.1 Å². The third-order valence-electron chi connectivity index (χ3n) is 4.49. The van der Waals surface area contributed by atoms with E-state index in [1.807, 2.05) is 48.6 Å². The minimum atomic E-state index is -0.542. The van der Waals surface area contributed by atoms with Crippen LogP contribution in [-0.2, 0) is 12.8 Å². The summed E-state index contributed by atoms with van der Waals surface area (Å²) >= 11 is 3.43. The molecule has 1 aromatic carbocycles. The van der Waals surface area contributed by atoms with E-state index in [0.29, 0.717) is 5.75 Å². The first-order valence-corrected chi connectivity index (χ1v) is 10.8. The smallest absolute Gasteiger partial charge is 0.128 e. The molecule has 0 spiro atoms. The van der Waals surface area contributed by atoms with Gasteiger partial charge in [0.15, 0.2) is 0 Å². The topological polar surface area (TPSA) is 55.2 Å². The van der Waals surface area contributed by atoms with Crippen LogP contribution in [0, 0.1) is 6.92 Å². The molecule has 1 N–H and O–H groups in total. The molecule has 0 saturated heterocycles. The molecule has 136 valence electrons. The summed E-state index contributed by atoms with van der Waals surface area (Å²) in [6.07, 6.45) is 4.25. The van der Waals surface area contributed by atoms with E-state index in [-0.39, 0.29) is 6.61 Å². The summed E-state index contributed by atoms with van der Waals surface area (Å²) in [5.41, 5.74) is 1.44. The van der Waals surface area contributed by atoms with Gasteiger partial charge in [-0.15, -0.1) is 23.1 Å². The van der Waals surface area contributed by atoms with Gasteiger partial charge in [-0.3, -0.25) is 0 Å². The molecule has 0 saturated carbocycles. The van der Waals surface area contributed by atoms with Gasteiger partial charge in [0.05, 0.1) is 6.10 Å². The Morgan fingerprint density at radius 2 is 2.00 bits per heavy atom. The average molecular weight is 387 g/mol. The number of hydrogen-bond donors (Lipinski definition) is 1. The first kappa shape index (κ1) is 17.8. The Hall–Kier alpha value is -1.63. The minimum Gasteiger partial charge on any atom is -0.491 e. The summed E-state index contributed by atoms with van der Waals surface area (Å²) in [5, 5.41) is 12.5. The van der Waals surface area contributed by atoms with Gasteiger partial charge in [-0.2, -0.15) is 0 Å². The summed E-state index contributed by atoms with van der Waals surface area (Å²) in [4.78, 5) is 11.9. The van der Waals surface area contributed by atoms with Crippen LogP contribution in [0.1, 0.15) is 29.1 Å². The molecule has 0 fully saturated rings. The molecule has 3 aromatic rings. The van der Waals surface area contributed by atoms with E-state index in [1.165, 1.54) is 28.7 Å². The number of nitrogens with zero attached hydrogens (tertiary/aromatic N) is 2. The van der Waals surface area contributed by atoms with Crippen LogP contribution in [0.4, 0.5) is 0 Å². The van der Waals surface area contributed by atoms with Crippen molar-refractivity contribution in [3.05, 3.63) is 46.6 Å². The number of benzene rings is 1. The number of thioether (sulfide) groups is 1. The number of para-hydroxylation sites is 1. The van der Waals surface area contributed by atoms with Crippen molar-refractivity contribution in [2.24, 2.45) is 0 Å². The summed E-state index contributed by atoms with van der Waals surface area (Å²) in [6.45, 7) is 2.23. The summed E-state index contributed by atoms with van der Waals surface area (Å²) in [6, 6.07) is 9.60. The van der Waals surface area contributed by atoms with Crippen LogP contribution in [0.15, 0.2) is 35.4 Å². The molecular weight excluding hydrogens is 364 g/mol. The molecule has 1 aliphatic carbocycles. The van der Waals surface area contributed by atoms with E-state index in [9.17, 15) is 5.11 Å². The molecule has 1 atom stereocenters. The Balaban J connectivity index is 1.47. The van der Waals surface area contributed by atoms with Crippen LogP contribution in [0.3, 0.4) is 0 Å². The van der Waals surface area contributed by atoms with Gasteiger partial charge in [-0.1, -0.05) is 18.2 Å². The highest BCUT2D eigenvalue weighted by Gasteiger charge is 2.21. The van der Waals surface area contributed by atoms with Crippen LogP contribution in [0.25, 0.3) is 10.2 Å². The SMILES string of the molecule is Cc1nc(SC[C@H](O)COc2ccccc2)c2c3c(sc2n1)CCCC3. The van der Waals surface area contributed by atoms with E-state index in [4.69, 9.17) is 4.74 Å². The minimum absolute atomic E-state index is 0.284. The Morgan fingerprint density at radius 3 is 2.85 bits per heavy atom. The van der Waals surface area contributed by atoms with E-state index >= 15 is 0 Å². The maximum absolute atomic E-state index is 10.3. The van der Waals surface area contributed by atoms with Crippen molar-refractivity contribution >= 4 is 33.3 Å². The van der Waals surface area contributed by atoms with Crippen molar-refractivity contribution in [1.29, 1.82) is 0 Å². The van der Waals surface area contributed by atoms with Gasteiger partial charge in [-0.05, 0) is 50.3 Å². The Kier molecular flexibility index (Phi) is 5.43. The molecule has 0 radical (unpaired) electrons. The van der Waals surface area contributed by atoms with Crippen molar-refractivity contribution in [2.75, 3.05) is 12.4 Å². The number of ether oxygens (including phenoxy) is 1. The lowest BCUT2D eigenvalue weighted by atomic mass is 9.97. The second kappa shape index (κ2) is 7.94. The summed E-state index contributed by atoms with van der Waals surface area (Å²) in [5.74, 6) is 2.14. The number of aliphatic hydroxyl groups is 1. The van der Waals surface area contributed by atoms with E-state index < -0.39 is 6.10 Å². The molecule has 2 aromatic heterocycles. The maximum Gasteiger partial charge on any atom is 0.128 e. The third-order valence-corrected chi connectivity index (χ3v) is 6.80. The number of fused-ring (bicyclic) bond motifs is 3. The van der Waals surface area contributed by atoms with Gasteiger partial charge in [0.1, 0.15) is 28.0 Å². The zero-order valence-corrected chi connectivity index (χ0v) is 16.4. The maximum atomic E-state index is 10.3. The van der Waals surface area contributed by atoms with Crippen LogP contribution < -0.4 is 4.74 Å². The molecule has 0 bridgehead atoms. The molecule has 26 heavy (non-hydrogen) atoms. The van der Waals surface area contributed by atoms with Gasteiger partial charge in [-0.25, -0.2) is 9.97 Å². The number of hydrogen-bond acceptors (Lipinski definition) is 6. The molecule has 2 heterocycles. The highest BCUT2D eigenvalue weighted by atomic mass is 32.2. The molecular formula is C20H22N2O2S2. The fourth-order valence-electron chi connectivity index (χ4n) is 3.26. The van der Waals surface area contributed by atoms with E-state index in [1.54, 1.807) is 11.8 Å². The standard InChI is InChI=1S/C20H22N2O2S2/c1-13-21-19(18-16-9-5-6-10-17(16)26-20(18)22-13)25-12-14(23)11-24-15-7-3-2-4-8-15/h2-4,7-8,14,23H,5-6,9-12H2,1H3/t14-/m1/s1. The lowest BCUT2D eigenvalue weighted by Gasteiger charge is -2.14. The Bertz CT molecular complexity index is 896. The Morgan fingerprint density at radius 1 is 1.19 bits per heavy atom. The van der Waals surface area contributed by atoms with Crippen molar-refractivity contribution in [2.45, 2.75) is 43.7 Å². The number of rotatable bonds is 6. The zero-order valence-electron chi connectivity index (χ0n) is 14.8. The fraction of sp³-hybridized carbons (Fsp3) is 0.400. The number of aromatic nitrogens is 2. The van der Waals surface area contributed by atoms with Crippen molar-refractivity contribution in [1.82, 2.24) is 9.97 Å². The molecule has 0 amide bonds. The highest BCUT2D eigenvalue weighted by molar-refractivity contribution is 7.99. The first-order chi connectivity index (χ1) is 12.7. The lowest BCUT2D eigenvalue weighted by molar-refractivity contribution is 0.126. The lowest BCUT2D eigenvalue weighted by Crippen LogP contribution is -2.20. The van der Waals surface area contributed by atoms with Crippen LogP contribution in [0.5, 0.6) is 5.75 Å². The first-order valence-electron chi connectivity index (χ1n) is 8.98. The van der Waals surface area contributed by atoms with Crippen LogP contribution in [0.2, 0.25) is 0 Å². The van der Waals surface area contributed by atoms with Gasteiger partial charge >= 0.3 is 0 Å². The van der Waals surface area contributed by atoms with E-state index in [0.717, 1.165) is 34.3 Å². The number of aryl methyl sites for hydroxylation is 3. The third kappa shape index (κ3) is 3.87. The largest absolute Gasteiger partial charge is 0.491 e. The second-order valence-electron chi connectivity index (χ2n) is 6.56. The molecule has 6 heteroatoms. The van der Waals surface area contributed by atoms with Gasteiger partial charge < -0.3 is 9.84 Å². The van der Waals surface area contributed by atoms with Crippen molar-refractivity contribution in [3.63, 3.8) is 0 Å². The molecule has 1 aliphatic rings. The monoisotopic (exact) mass is 386 g/mol. The predicted octanol–water partition coefficient (Wildman–Crippen LogP) is 4.41. The van der Waals surface area contributed by atoms with Crippen molar-refractivity contribution in [3.8, 4) is 5.75 Å². The molecule has 4 nitrogen and oxygen atoms in total. The predicted molar refractivity (Wildman–Crippen MR) is 107 cm³/mol. The molecule has 0 unspecified atom stereocenters. The van der Waals surface area contributed by atoms with Gasteiger partial charge in [0.25, 0.3) is 0 Å². The summed E-state index contributed by atoms with van der Waals surface area (Å²) in [7, 11) is 0. The average Bonchev–Trinajstić information content (AvgIpc) is 3.03. The number of thiophene rings is 1. The molecule has 0 aliphatic heterocycles. The zero-order chi connectivity index (χ0) is 17.9. The van der Waals surface area contributed by atoms with Crippen LogP contribution in [-0.4, -0.2) is 33.5 Å². The quantitative estimate of drug-likeness (QED) is 0.502. The Labute approximate surface area is 161 Å². The molecule has 4 rings (SSSR count). The highest BCUT2D eigenvalue weighted by Crippen LogP contribution is 2.39. The fourth-order valence-corrected chi connectivity index (χ4v) is 5.64. The number of aliphatic hydroxyl groups excluding tert-OH is 1. The summed E-state index contributed by atoms with van der Waals surface area (Å²) < 4.78 is 5.65. The second-order valence-corrected chi connectivity index (χ2v) is 8.65. The van der Waals surface area contributed by atoms with Crippen molar-refractivity contribution < 1.29 is 9.84 Å². The normalized spacial score (nSPS) is 15.0. The van der Waals surface area contributed by atoms with Gasteiger partial charge in [0, 0.05) is 16.0 Å². The van der Waals surface area contributed by atoms with E-state index in [2.05, 4.69) is 9.97 Å². The van der Waals surface area contributed by atoms with Gasteiger partial charge in [0.2, 0.25) is 0 Å².